The van der Waals surface area contributed by atoms with Crippen LogP contribution in [-0.2, 0) is 0 Å². The van der Waals surface area contributed by atoms with Gasteiger partial charge >= 0.3 is 0 Å². The number of rotatable bonds is 5. The predicted molar refractivity (Wildman–Crippen MR) is 68.1 cm³/mol. The lowest BCUT2D eigenvalue weighted by Crippen LogP contribution is -2.09. The zero-order valence-electron chi connectivity index (χ0n) is 10.6. The van der Waals surface area contributed by atoms with Gasteiger partial charge in [-0.3, -0.25) is 0 Å². The maximum Gasteiger partial charge on any atom is 0.243 e. The lowest BCUT2D eigenvalue weighted by Gasteiger charge is -2.04. The van der Waals surface area contributed by atoms with Crippen molar-refractivity contribution in [2.24, 2.45) is 5.73 Å². The van der Waals surface area contributed by atoms with Gasteiger partial charge in [0, 0.05) is 0 Å². The first-order valence-electron chi connectivity index (χ1n) is 5.98. The van der Waals surface area contributed by atoms with E-state index in [9.17, 15) is 0 Å². The molecule has 0 aliphatic rings. The number of hydrogen-bond donors (Lipinski definition) is 1. The Morgan fingerprint density at radius 3 is 2.89 bits per heavy atom. The van der Waals surface area contributed by atoms with Crippen molar-refractivity contribution in [1.82, 2.24) is 10.1 Å². The van der Waals surface area contributed by atoms with E-state index in [-0.39, 0.29) is 6.04 Å². The van der Waals surface area contributed by atoms with Gasteiger partial charge in [0.15, 0.2) is 0 Å². The largest absolute Gasteiger partial charge is 0.496 e. The summed E-state index contributed by atoms with van der Waals surface area (Å²) in [5.74, 6) is 1.70. The third-order valence-corrected chi connectivity index (χ3v) is 2.71. The van der Waals surface area contributed by atoms with Crippen molar-refractivity contribution in [2.75, 3.05) is 7.11 Å². The van der Waals surface area contributed by atoms with Crippen LogP contribution in [0.5, 0.6) is 5.75 Å². The summed E-state index contributed by atoms with van der Waals surface area (Å²) in [4.78, 5) is 4.32. The Hall–Kier alpha value is -1.88. The van der Waals surface area contributed by atoms with Gasteiger partial charge in [-0.05, 0) is 18.6 Å². The second-order valence-corrected chi connectivity index (χ2v) is 4.05. The van der Waals surface area contributed by atoms with E-state index in [4.69, 9.17) is 15.0 Å². The third kappa shape index (κ3) is 2.51. The van der Waals surface area contributed by atoms with Gasteiger partial charge in [0.2, 0.25) is 11.7 Å². The maximum absolute atomic E-state index is 5.94. The quantitative estimate of drug-likeness (QED) is 0.878. The van der Waals surface area contributed by atoms with Crippen molar-refractivity contribution in [2.45, 2.75) is 25.8 Å². The molecule has 0 unspecified atom stereocenters. The second kappa shape index (κ2) is 5.64. The summed E-state index contributed by atoms with van der Waals surface area (Å²) in [6, 6.07) is 7.34. The fourth-order valence-electron chi connectivity index (χ4n) is 1.76. The molecule has 1 aromatic carbocycles. The lowest BCUT2D eigenvalue weighted by atomic mass is 10.1. The molecule has 0 saturated carbocycles. The van der Waals surface area contributed by atoms with Crippen molar-refractivity contribution >= 4 is 0 Å². The molecular weight excluding hydrogens is 230 g/mol. The van der Waals surface area contributed by atoms with Crippen LogP contribution in [0, 0.1) is 0 Å². The summed E-state index contributed by atoms with van der Waals surface area (Å²) in [6.45, 7) is 2.07. The molecule has 18 heavy (non-hydrogen) atoms. The van der Waals surface area contributed by atoms with E-state index in [2.05, 4.69) is 17.1 Å². The topological polar surface area (TPSA) is 74.2 Å². The van der Waals surface area contributed by atoms with Crippen LogP contribution in [0.4, 0.5) is 0 Å². The smallest absolute Gasteiger partial charge is 0.243 e. The summed E-state index contributed by atoms with van der Waals surface area (Å²) in [5.41, 5.74) is 6.74. The first-order chi connectivity index (χ1) is 8.76. The number of hydrogen-bond acceptors (Lipinski definition) is 5. The molecule has 5 nitrogen and oxygen atoms in total. The fraction of sp³-hybridized carbons (Fsp3) is 0.385. The van der Waals surface area contributed by atoms with Crippen LogP contribution in [0.3, 0.4) is 0 Å². The molecule has 0 aliphatic carbocycles. The van der Waals surface area contributed by atoms with E-state index in [0.29, 0.717) is 17.5 Å². The predicted octanol–water partition coefficient (Wildman–Crippen LogP) is 2.55. The molecule has 96 valence electrons. The van der Waals surface area contributed by atoms with E-state index in [1.54, 1.807) is 7.11 Å². The lowest BCUT2D eigenvalue weighted by molar-refractivity contribution is 0.348. The fourth-order valence-corrected chi connectivity index (χ4v) is 1.76. The highest BCUT2D eigenvalue weighted by Gasteiger charge is 2.16. The van der Waals surface area contributed by atoms with Crippen molar-refractivity contribution < 1.29 is 9.26 Å². The number of nitrogens with zero attached hydrogens (tertiary/aromatic N) is 2. The van der Waals surface area contributed by atoms with Crippen LogP contribution in [0.2, 0.25) is 0 Å². The molecule has 5 heteroatoms. The molecule has 2 aromatic rings. The van der Waals surface area contributed by atoms with Crippen molar-refractivity contribution in [1.29, 1.82) is 0 Å². The summed E-state index contributed by atoms with van der Waals surface area (Å²) >= 11 is 0. The van der Waals surface area contributed by atoms with Gasteiger partial charge in [0.25, 0.3) is 0 Å². The maximum atomic E-state index is 5.94. The van der Waals surface area contributed by atoms with Gasteiger partial charge in [0.1, 0.15) is 5.75 Å². The average Bonchev–Trinajstić information content (AvgIpc) is 2.88. The molecule has 0 fully saturated rings. The number of para-hydroxylation sites is 1. The first-order valence-corrected chi connectivity index (χ1v) is 5.98. The van der Waals surface area contributed by atoms with Crippen LogP contribution in [-0.4, -0.2) is 17.3 Å². The molecule has 1 aromatic heterocycles. The van der Waals surface area contributed by atoms with Gasteiger partial charge in [0.05, 0.1) is 18.7 Å². The van der Waals surface area contributed by atoms with E-state index >= 15 is 0 Å². The minimum Gasteiger partial charge on any atom is -0.496 e. The SMILES string of the molecule is CCC[C@H](N)c1nc(-c2ccccc2OC)no1. The molecule has 2 N–H and O–H groups in total. The Kier molecular flexibility index (Phi) is 3.94. The van der Waals surface area contributed by atoms with E-state index in [1.165, 1.54) is 0 Å². The van der Waals surface area contributed by atoms with Crippen LogP contribution in [0.25, 0.3) is 11.4 Å². The monoisotopic (exact) mass is 247 g/mol. The number of ether oxygens (including phenoxy) is 1. The first kappa shape index (κ1) is 12.6. The van der Waals surface area contributed by atoms with Crippen LogP contribution in [0.15, 0.2) is 28.8 Å². The summed E-state index contributed by atoms with van der Waals surface area (Å²) in [7, 11) is 1.61. The molecule has 2 rings (SSSR count). The van der Waals surface area contributed by atoms with Crippen molar-refractivity contribution in [3.8, 4) is 17.1 Å². The Balaban J connectivity index is 2.29. The Bertz CT molecular complexity index is 510. The van der Waals surface area contributed by atoms with E-state index in [0.717, 1.165) is 18.4 Å². The minimum absolute atomic E-state index is 0.203. The van der Waals surface area contributed by atoms with Crippen LogP contribution < -0.4 is 10.5 Å². The zero-order chi connectivity index (χ0) is 13.0. The molecular formula is C13H17N3O2. The molecule has 0 bridgehead atoms. The minimum atomic E-state index is -0.203. The molecule has 0 saturated heterocycles. The summed E-state index contributed by atoms with van der Waals surface area (Å²) in [5, 5.41) is 3.95. The second-order valence-electron chi connectivity index (χ2n) is 4.05. The number of aromatic nitrogens is 2. The van der Waals surface area contributed by atoms with Gasteiger partial charge in [-0.15, -0.1) is 0 Å². The summed E-state index contributed by atoms with van der Waals surface area (Å²) in [6.07, 6.45) is 1.81. The average molecular weight is 247 g/mol. The van der Waals surface area contributed by atoms with Crippen molar-refractivity contribution in [3.63, 3.8) is 0 Å². The van der Waals surface area contributed by atoms with Crippen molar-refractivity contribution in [3.05, 3.63) is 30.2 Å². The third-order valence-electron chi connectivity index (χ3n) is 2.71. The van der Waals surface area contributed by atoms with E-state index < -0.39 is 0 Å². The zero-order valence-corrected chi connectivity index (χ0v) is 10.6. The Morgan fingerprint density at radius 2 is 2.17 bits per heavy atom. The van der Waals surface area contributed by atoms with Crippen LogP contribution in [0.1, 0.15) is 31.7 Å². The van der Waals surface area contributed by atoms with Gasteiger partial charge in [-0.25, -0.2) is 0 Å². The summed E-state index contributed by atoms with van der Waals surface area (Å²) < 4.78 is 10.5. The molecule has 0 amide bonds. The van der Waals surface area contributed by atoms with Gasteiger partial charge < -0.3 is 15.0 Å². The standard InChI is InChI=1S/C13H17N3O2/c1-3-6-10(14)13-15-12(16-18-13)9-7-4-5-8-11(9)17-2/h4-5,7-8,10H,3,6,14H2,1-2H3/t10-/m0/s1. The van der Waals surface area contributed by atoms with Crippen LogP contribution >= 0.6 is 0 Å². The number of benzene rings is 1. The molecule has 0 aliphatic heterocycles. The number of nitrogens with two attached hydrogens (primary N) is 1. The molecule has 0 spiro atoms. The highest BCUT2D eigenvalue weighted by Crippen LogP contribution is 2.28. The van der Waals surface area contributed by atoms with E-state index in [1.807, 2.05) is 24.3 Å². The molecule has 1 atom stereocenters. The molecule has 0 radical (unpaired) electrons. The number of methoxy groups -OCH3 is 1. The normalized spacial score (nSPS) is 12.4. The molecule has 1 heterocycles. The highest BCUT2D eigenvalue weighted by atomic mass is 16.5. The highest BCUT2D eigenvalue weighted by molar-refractivity contribution is 5.63. The Morgan fingerprint density at radius 1 is 1.39 bits per heavy atom. The Labute approximate surface area is 106 Å². The van der Waals surface area contributed by atoms with Gasteiger partial charge in [-0.2, -0.15) is 4.98 Å². The van der Waals surface area contributed by atoms with Gasteiger partial charge in [-0.1, -0.05) is 30.6 Å².